The molecule has 0 amide bonds. The van der Waals surface area contributed by atoms with Gasteiger partial charge >= 0.3 is 0 Å². The lowest BCUT2D eigenvalue weighted by Crippen LogP contribution is -2.53. The molecular weight excluding hydrogens is 244 g/mol. The Morgan fingerprint density at radius 1 is 1.15 bits per heavy atom. The van der Waals surface area contributed by atoms with Crippen molar-refractivity contribution in [1.82, 2.24) is 4.90 Å². The highest BCUT2D eigenvalue weighted by Gasteiger charge is 2.36. The van der Waals surface area contributed by atoms with Gasteiger partial charge in [0.2, 0.25) is 0 Å². The Morgan fingerprint density at radius 3 is 2.20 bits per heavy atom. The Kier molecular flexibility index (Phi) is 5.22. The molecule has 1 saturated carbocycles. The van der Waals surface area contributed by atoms with Crippen molar-refractivity contribution < 1.29 is 0 Å². The Balaban J connectivity index is 2.03. The molecule has 2 heteroatoms. The fraction of sp³-hybridized carbons (Fsp3) is 0.667. The normalized spacial score (nSPS) is 26.9. The van der Waals surface area contributed by atoms with Crippen LogP contribution in [0.25, 0.3) is 0 Å². The van der Waals surface area contributed by atoms with Crippen LogP contribution in [0.1, 0.15) is 50.7 Å². The fourth-order valence-corrected chi connectivity index (χ4v) is 3.36. The molecule has 0 bridgehead atoms. The molecule has 1 aromatic carbocycles. The maximum absolute atomic E-state index is 6.14. The zero-order chi connectivity index (χ0) is 14.6. The Morgan fingerprint density at radius 2 is 1.70 bits per heavy atom. The molecule has 2 nitrogen and oxygen atoms in total. The van der Waals surface area contributed by atoms with Gasteiger partial charge in [0.15, 0.2) is 0 Å². The Labute approximate surface area is 124 Å². The lowest BCUT2D eigenvalue weighted by atomic mass is 9.76. The van der Waals surface area contributed by atoms with Gasteiger partial charge in [0.1, 0.15) is 0 Å². The lowest BCUT2D eigenvalue weighted by Gasteiger charge is -2.45. The third kappa shape index (κ3) is 3.42. The lowest BCUT2D eigenvalue weighted by molar-refractivity contribution is 0.0616. The van der Waals surface area contributed by atoms with Gasteiger partial charge < -0.3 is 5.73 Å². The number of nitrogens with two attached hydrogens (primary N) is 1. The highest BCUT2D eigenvalue weighted by Crippen LogP contribution is 2.35. The van der Waals surface area contributed by atoms with Crippen LogP contribution in [0.5, 0.6) is 0 Å². The number of benzene rings is 1. The minimum absolute atomic E-state index is 0.218. The van der Waals surface area contributed by atoms with Gasteiger partial charge in [-0.3, -0.25) is 4.90 Å². The molecule has 20 heavy (non-hydrogen) atoms. The molecule has 0 heterocycles. The zero-order valence-electron chi connectivity index (χ0n) is 13.4. The third-order valence-electron chi connectivity index (χ3n) is 5.25. The molecule has 0 unspecified atom stereocenters. The summed E-state index contributed by atoms with van der Waals surface area (Å²) in [6.45, 7) is 6.36. The molecule has 112 valence electrons. The van der Waals surface area contributed by atoms with Gasteiger partial charge in [0.25, 0.3) is 0 Å². The summed E-state index contributed by atoms with van der Waals surface area (Å²) in [4.78, 5) is 2.50. The standard InChI is InChI=1S/C18H30N2/c1-4-16-5-7-17(8-6-16)13-20(3)18(14-19)11-9-15(2)10-12-18/h5-8,15H,4,9-14,19H2,1-3H3. The van der Waals surface area contributed by atoms with Crippen molar-refractivity contribution in [2.24, 2.45) is 11.7 Å². The van der Waals surface area contributed by atoms with E-state index in [9.17, 15) is 0 Å². The second-order valence-corrected chi connectivity index (χ2v) is 6.64. The minimum Gasteiger partial charge on any atom is -0.329 e. The summed E-state index contributed by atoms with van der Waals surface area (Å²) < 4.78 is 0. The number of hydrogen-bond acceptors (Lipinski definition) is 2. The number of rotatable bonds is 5. The van der Waals surface area contributed by atoms with Gasteiger partial charge in [-0.05, 0) is 56.2 Å². The quantitative estimate of drug-likeness (QED) is 0.889. The van der Waals surface area contributed by atoms with Crippen LogP contribution in [0.15, 0.2) is 24.3 Å². The van der Waals surface area contributed by atoms with Crippen molar-refractivity contribution in [1.29, 1.82) is 0 Å². The summed E-state index contributed by atoms with van der Waals surface area (Å²) in [5.41, 5.74) is 9.17. The van der Waals surface area contributed by atoms with E-state index in [-0.39, 0.29) is 5.54 Å². The van der Waals surface area contributed by atoms with E-state index >= 15 is 0 Å². The number of aryl methyl sites for hydroxylation is 1. The number of hydrogen-bond donors (Lipinski definition) is 1. The molecule has 0 spiro atoms. The summed E-state index contributed by atoms with van der Waals surface area (Å²) in [5.74, 6) is 0.868. The highest BCUT2D eigenvalue weighted by molar-refractivity contribution is 5.22. The molecule has 1 aliphatic carbocycles. The number of nitrogens with zero attached hydrogens (tertiary/aromatic N) is 1. The summed E-state index contributed by atoms with van der Waals surface area (Å²) in [6.07, 6.45) is 6.23. The summed E-state index contributed by atoms with van der Waals surface area (Å²) in [5, 5.41) is 0. The molecule has 2 rings (SSSR count). The molecule has 1 aromatic rings. The molecule has 0 aliphatic heterocycles. The van der Waals surface area contributed by atoms with E-state index in [1.165, 1.54) is 36.8 Å². The van der Waals surface area contributed by atoms with Crippen LogP contribution >= 0.6 is 0 Å². The van der Waals surface area contributed by atoms with Crippen LogP contribution in [0.3, 0.4) is 0 Å². The second kappa shape index (κ2) is 6.73. The van der Waals surface area contributed by atoms with E-state index < -0.39 is 0 Å². The van der Waals surface area contributed by atoms with Crippen molar-refractivity contribution in [2.45, 2.75) is 58.0 Å². The SMILES string of the molecule is CCc1ccc(CN(C)C2(CN)CCC(C)CC2)cc1. The summed E-state index contributed by atoms with van der Waals surface area (Å²) in [6, 6.07) is 9.04. The Bertz CT molecular complexity index is 402. The minimum atomic E-state index is 0.218. The van der Waals surface area contributed by atoms with E-state index in [1.807, 2.05) is 0 Å². The largest absolute Gasteiger partial charge is 0.329 e. The molecule has 1 aliphatic rings. The first-order valence-corrected chi connectivity index (χ1v) is 8.09. The fourth-order valence-electron chi connectivity index (χ4n) is 3.36. The van der Waals surface area contributed by atoms with Crippen LogP contribution in [-0.4, -0.2) is 24.0 Å². The van der Waals surface area contributed by atoms with Gasteiger partial charge in [-0.25, -0.2) is 0 Å². The second-order valence-electron chi connectivity index (χ2n) is 6.64. The van der Waals surface area contributed by atoms with Gasteiger partial charge in [-0.15, -0.1) is 0 Å². The topological polar surface area (TPSA) is 29.3 Å². The van der Waals surface area contributed by atoms with Crippen LogP contribution in [0.4, 0.5) is 0 Å². The van der Waals surface area contributed by atoms with E-state index in [4.69, 9.17) is 5.73 Å². The van der Waals surface area contributed by atoms with Crippen LogP contribution < -0.4 is 5.73 Å². The molecule has 0 radical (unpaired) electrons. The first-order chi connectivity index (χ1) is 9.59. The van der Waals surface area contributed by atoms with Crippen molar-refractivity contribution in [3.63, 3.8) is 0 Å². The smallest absolute Gasteiger partial charge is 0.0332 e. The predicted octanol–water partition coefficient (Wildman–Crippen LogP) is 3.59. The number of likely N-dealkylation sites (N-methyl/N-ethyl adjacent to an activating group) is 1. The van der Waals surface area contributed by atoms with Crippen molar-refractivity contribution >= 4 is 0 Å². The van der Waals surface area contributed by atoms with E-state index in [1.54, 1.807) is 0 Å². The van der Waals surface area contributed by atoms with Crippen LogP contribution in [0.2, 0.25) is 0 Å². The van der Waals surface area contributed by atoms with E-state index in [0.29, 0.717) is 0 Å². The predicted molar refractivity (Wildman–Crippen MR) is 86.7 cm³/mol. The van der Waals surface area contributed by atoms with Gasteiger partial charge in [-0.1, -0.05) is 38.1 Å². The van der Waals surface area contributed by atoms with Crippen LogP contribution in [-0.2, 0) is 13.0 Å². The van der Waals surface area contributed by atoms with Crippen molar-refractivity contribution in [3.8, 4) is 0 Å². The molecule has 2 N–H and O–H groups in total. The van der Waals surface area contributed by atoms with E-state index in [0.717, 1.165) is 25.4 Å². The summed E-state index contributed by atoms with van der Waals surface area (Å²) in [7, 11) is 2.25. The van der Waals surface area contributed by atoms with Gasteiger partial charge in [-0.2, -0.15) is 0 Å². The molecule has 0 saturated heterocycles. The van der Waals surface area contributed by atoms with Crippen molar-refractivity contribution in [3.05, 3.63) is 35.4 Å². The molecule has 0 aromatic heterocycles. The first-order valence-electron chi connectivity index (χ1n) is 8.09. The molecule has 1 fully saturated rings. The molecule has 0 atom stereocenters. The van der Waals surface area contributed by atoms with Gasteiger partial charge in [0.05, 0.1) is 0 Å². The monoisotopic (exact) mass is 274 g/mol. The van der Waals surface area contributed by atoms with Crippen molar-refractivity contribution in [2.75, 3.05) is 13.6 Å². The highest BCUT2D eigenvalue weighted by atomic mass is 15.2. The Hall–Kier alpha value is -0.860. The zero-order valence-corrected chi connectivity index (χ0v) is 13.4. The first kappa shape index (κ1) is 15.5. The average Bonchev–Trinajstić information content (AvgIpc) is 2.49. The third-order valence-corrected chi connectivity index (χ3v) is 5.25. The van der Waals surface area contributed by atoms with E-state index in [2.05, 4.69) is 50.1 Å². The summed E-state index contributed by atoms with van der Waals surface area (Å²) >= 11 is 0. The average molecular weight is 274 g/mol. The van der Waals surface area contributed by atoms with Crippen LogP contribution in [0, 0.1) is 5.92 Å². The maximum Gasteiger partial charge on any atom is 0.0332 e. The molecular formula is C18H30N2. The van der Waals surface area contributed by atoms with Gasteiger partial charge in [0, 0.05) is 18.6 Å². The maximum atomic E-state index is 6.14.